The lowest BCUT2D eigenvalue weighted by molar-refractivity contribution is -0.137. The number of para-hydroxylation sites is 1. The average molecular weight is 446 g/mol. The molecule has 0 aliphatic carbocycles. The normalized spacial score (nSPS) is 10.6. The minimum absolute atomic E-state index is 0.317. The zero-order valence-corrected chi connectivity index (χ0v) is 17.6. The number of anilines is 1. The van der Waals surface area contributed by atoms with Gasteiger partial charge in [0.05, 0.1) is 18.0 Å². The Morgan fingerprint density at radius 3 is 2.41 bits per heavy atom. The molecule has 0 bridgehead atoms. The molecule has 1 N–H and O–H groups in total. The number of nitrogens with one attached hydrogen (secondary N) is 1. The van der Waals surface area contributed by atoms with Gasteiger partial charge in [-0.05, 0) is 37.3 Å². The van der Waals surface area contributed by atoms with Gasteiger partial charge in [0.25, 0.3) is 0 Å². The fourth-order valence-electron chi connectivity index (χ4n) is 2.67. The minimum atomic E-state index is -0.404. The van der Waals surface area contributed by atoms with Crippen LogP contribution in [0.2, 0.25) is 0 Å². The number of hydrogen-bond donors (Lipinski definition) is 1. The monoisotopic (exact) mass is 445 g/mol. The summed E-state index contributed by atoms with van der Waals surface area (Å²) in [5.41, 5.74) is 4.06. The van der Waals surface area contributed by atoms with Gasteiger partial charge in [0, 0.05) is 27.2 Å². The van der Waals surface area contributed by atoms with Crippen molar-refractivity contribution >= 4 is 33.3 Å². The number of halogens is 1. The van der Waals surface area contributed by atoms with Gasteiger partial charge in [-0.3, -0.25) is 0 Å². The standard InChI is InChI=1S/C25H20BrNO2/c1-2-29-25(28)18-24(21-13-7-8-14-22(21)26)27-23-15-9-6-12-20(23)17-16-19-10-4-3-5-11-19/h3-15,18,27H,2H2,1H3/b24-18-. The fourth-order valence-corrected chi connectivity index (χ4v) is 3.17. The van der Waals surface area contributed by atoms with Crippen molar-refractivity contribution in [2.24, 2.45) is 0 Å². The highest BCUT2D eigenvalue weighted by Crippen LogP contribution is 2.27. The molecule has 0 fully saturated rings. The summed E-state index contributed by atoms with van der Waals surface area (Å²) in [7, 11) is 0. The third kappa shape index (κ3) is 5.84. The number of benzene rings is 3. The molecule has 0 aromatic heterocycles. The van der Waals surface area contributed by atoms with Crippen LogP contribution < -0.4 is 5.32 Å². The van der Waals surface area contributed by atoms with Gasteiger partial charge in [0.2, 0.25) is 0 Å². The first-order valence-electron chi connectivity index (χ1n) is 9.24. The van der Waals surface area contributed by atoms with Crippen molar-refractivity contribution in [2.45, 2.75) is 6.92 Å². The van der Waals surface area contributed by atoms with Gasteiger partial charge in [-0.25, -0.2) is 4.79 Å². The smallest absolute Gasteiger partial charge is 0.332 e. The van der Waals surface area contributed by atoms with Crippen LogP contribution in [0.3, 0.4) is 0 Å². The summed E-state index contributed by atoms with van der Waals surface area (Å²) >= 11 is 3.56. The first-order chi connectivity index (χ1) is 14.2. The van der Waals surface area contributed by atoms with Crippen LogP contribution in [0.25, 0.3) is 5.70 Å². The predicted molar refractivity (Wildman–Crippen MR) is 121 cm³/mol. The van der Waals surface area contributed by atoms with Crippen molar-refractivity contribution < 1.29 is 9.53 Å². The van der Waals surface area contributed by atoms with E-state index >= 15 is 0 Å². The SMILES string of the molecule is CCOC(=O)/C=C(\Nc1ccccc1C#Cc1ccccc1)c1ccccc1Br. The zero-order chi connectivity index (χ0) is 20.5. The lowest BCUT2D eigenvalue weighted by Crippen LogP contribution is -2.07. The second-order valence-corrected chi connectivity index (χ2v) is 6.93. The number of esters is 1. The molecule has 0 aliphatic rings. The molecule has 0 heterocycles. The average Bonchev–Trinajstić information content (AvgIpc) is 2.74. The molecule has 0 spiro atoms. The van der Waals surface area contributed by atoms with Gasteiger partial charge in [-0.2, -0.15) is 0 Å². The second-order valence-electron chi connectivity index (χ2n) is 6.08. The van der Waals surface area contributed by atoms with E-state index in [-0.39, 0.29) is 0 Å². The molecular weight excluding hydrogens is 426 g/mol. The van der Waals surface area contributed by atoms with Crippen molar-refractivity contribution in [1.29, 1.82) is 0 Å². The summed E-state index contributed by atoms with van der Waals surface area (Å²) < 4.78 is 5.98. The Balaban J connectivity index is 1.98. The molecule has 3 nitrogen and oxygen atoms in total. The van der Waals surface area contributed by atoms with Crippen LogP contribution in [0.5, 0.6) is 0 Å². The van der Waals surface area contributed by atoms with E-state index in [2.05, 4.69) is 33.1 Å². The van der Waals surface area contributed by atoms with Crippen molar-refractivity contribution in [3.05, 3.63) is 106 Å². The second kappa shape index (κ2) is 10.3. The quantitative estimate of drug-likeness (QED) is 0.303. The Bertz CT molecular complexity index is 1080. The third-order valence-corrected chi connectivity index (χ3v) is 4.72. The molecule has 3 rings (SSSR count). The highest BCUT2D eigenvalue weighted by Gasteiger charge is 2.11. The molecule has 0 unspecified atom stereocenters. The molecule has 0 amide bonds. The van der Waals surface area contributed by atoms with Crippen LogP contribution in [0.1, 0.15) is 23.6 Å². The number of carbonyl (C=O) groups excluding carboxylic acids is 1. The van der Waals surface area contributed by atoms with Crippen molar-refractivity contribution in [2.75, 3.05) is 11.9 Å². The zero-order valence-electron chi connectivity index (χ0n) is 16.0. The number of hydrogen-bond acceptors (Lipinski definition) is 3. The molecule has 29 heavy (non-hydrogen) atoms. The Morgan fingerprint density at radius 1 is 0.966 bits per heavy atom. The molecule has 0 atom stereocenters. The molecule has 4 heteroatoms. The highest BCUT2D eigenvalue weighted by molar-refractivity contribution is 9.10. The van der Waals surface area contributed by atoms with Crippen LogP contribution >= 0.6 is 15.9 Å². The van der Waals surface area contributed by atoms with E-state index in [1.165, 1.54) is 6.08 Å². The van der Waals surface area contributed by atoms with E-state index in [4.69, 9.17) is 4.74 Å². The van der Waals surface area contributed by atoms with E-state index in [1.54, 1.807) is 6.92 Å². The topological polar surface area (TPSA) is 38.3 Å². The lowest BCUT2D eigenvalue weighted by atomic mass is 10.1. The van der Waals surface area contributed by atoms with Crippen LogP contribution in [0.15, 0.2) is 89.4 Å². The van der Waals surface area contributed by atoms with Crippen molar-refractivity contribution in [1.82, 2.24) is 0 Å². The predicted octanol–water partition coefficient (Wildman–Crippen LogP) is 5.87. The van der Waals surface area contributed by atoms with Crippen molar-refractivity contribution in [3.8, 4) is 11.8 Å². The molecule has 0 aliphatic heterocycles. The van der Waals surface area contributed by atoms with Gasteiger partial charge >= 0.3 is 5.97 Å². The van der Waals surface area contributed by atoms with Crippen LogP contribution in [-0.2, 0) is 9.53 Å². The molecule has 3 aromatic carbocycles. The summed E-state index contributed by atoms with van der Waals surface area (Å²) in [6.07, 6.45) is 1.46. The third-order valence-electron chi connectivity index (χ3n) is 4.02. The molecule has 144 valence electrons. The highest BCUT2D eigenvalue weighted by atomic mass is 79.9. The van der Waals surface area contributed by atoms with Crippen LogP contribution in [0.4, 0.5) is 5.69 Å². The summed E-state index contributed by atoms with van der Waals surface area (Å²) in [5, 5.41) is 3.36. The minimum Gasteiger partial charge on any atom is -0.463 e. The first kappa shape index (κ1) is 20.4. The number of rotatable bonds is 5. The fraction of sp³-hybridized carbons (Fsp3) is 0.0800. The lowest BCUT2D eigenvalue weighted by Gasteiger charge is -2.14. The van der Waals surface area contributed by atoms with Crippen molar-refractivity contribution in [3.63, 3.8) is 0 Å². The maximum Gasteiger partial charge on any atom is 0.332 e. The largest absolute Gasteiger partial charge is 0.463 e. The van der Waals surface area contributed by atoms with Gasteiger partial charge in [0.15, 0.2) is 0 Å². The summed E-state index contributed by atoms with van der Waals surface area (Å²) in [6.45, 7) is 2.10. The molecule has 0 saturated heterocycles. The number of carbonyl (C=O) groups is 1. The Kier molecular flexibility index (Phi) is 7.27. The van der Waals surface area contributed by atoms with E-state index in [0.717, 1.165) is 26.9 Å². The van der Waals surface area contributed by atoms with E-state index < -0.39 is 5.97 Å². The first-order valence-corrected chi connectivity index (χ1v) is 10.0. The summed E-state index contributed by atoms with van der Waals surface area (Å²) in [5.74, 6) is 5.98. The summed E-state index contributed by atoms with van der Waals surface area (Å²) in [4.78, 5) is 12.1. The van der Waals surface area contributed by atoms with E-state index in [9.17, 15) is 4.79 Å². The van der Waals surface area contributed by atoms with Gasteiger partial charge < -0.3 is 10.1 Å². The van der Waals surface area contributed by atoms with Gasteiger partial charge in [-0.1, -0.05) is 76.3 Å². The Labute approximate surface area is 179 Å². The van der Waals surface area contributed by atoms with Crippen LogP contribution in [0, 0.1) is 11.8 Å². The molecule has 3 aromatic rings. The Morgan fingerprint density at radius 2 is 1.66 bits per heavy atom. The van der Waals surface area contributed by atoms with E-state index in [1.807, 2.05) is 78.9 Å². The van der Waals surface area contributed by atoms with Gasteiger partial charge in [0.1, 0.15) is 0 Å². The summed E-state index contributed by atoms with van der Waals surface area (Å²) in [6, 6.07) is 25.3. The Hall–Kier alpha value is -3.29. The molecular formula is C25H20BrNO2. The van der Waals surface area contributed by atoms with Gasteiger partial charge in [-0.15, -0.1) is 0 Å². The maximum absolute atomic E-state index is 12.1. The molecule has 0 saturated carbocycles. The van der Waals surface area contributed by atoms with Crippen LogP contribution in [-0.4, -0.2) is 12.6 Å². The maximum atomic E-state index is 12.1. The number of ether oxygens (including phenoxy) is 1. The van der Waals surface area contributed by atoms with E-state index in [0.29, 0.717) is 12.3 Å². The molecule has 0 radical (unpaired) electrons.